The van der Waals surface area contributed by atoms with Gasteiger partial charge in [0.25, 0.3) is 0 Å². The predicted molar refractivity (Wildman–Crippen MR) is 61.5 cm³/mol. The Hall–Kier alpha value is -0.0404. The number of hydrogen-bond acceptors (Lipinski definition) is 0. The van der Waals surface area contributed by atoms with E-state index in [4.69, 9.17) is 0 Å². The van der Waals surface area contributed by atoms with Gasteiger partial charge in [0.1, 0.15) is 0 Å². The molecule has 0 nitrogen and oxygen atoms in total. The fourth-order valence-electron chi connectivity index (χ4n) is 1.24. The number of hydrogen-bond donors (Lipinski definition) is 0. The minimum absolute atomic E-state index is 0.0251. The third kappa shape index (κ3) is 3.48. The van der Waals surface area contributed by atoms with Crippen LogP contribution in [0, 0.1) is 7.14 Å². The maximum atomic E-state index is 2.33. The molecule has 0 amide bonds. The van der Waals surface area contributed by atoms with Crippen molar-refractivity contribution in [1.82, 2.24) is 0 Å². The summed E-state index contributed by atoms with van der Waals surface area (Å²) in [6.07, 6.45) is 0. The van der Waals surface area contributed by atoms with Gasteiger partial charge in [-0.05, 0) is 0 Å². The average molecular weight is 423 g/mol. The molecule has 0 spiro atoms. The van der Waals surface area contributed by atoms with Crippen molar-refractivity contribution < 1.29 is 21.2 Å². The van der Waals surface area contributed by atoms with Gasteiger partial charge in [-0.3, -0.25) is 0 Å². The summed E-state index contributed by atoms with van der Waals surface area (Å²) in [5.41, 5.74) is 0. The average Bonchev–Trinajstić information content (AvgIpc) is 2.31. The van der Waals surface area contributed by atoms with Crippen LogP contribution in [0.4, 0.5) is 0 Å². The van der Waals surface area contributed by atoms with Gasteiger partial charge in [0.2, 0.25) is 0 Å². The summed E-state index contributed by atoms with van der Waals surface area (Å²) in [6, 6.07) is 20.0. The molecule has 0 saturated carbocycles. The van der Waals surface area contributed by atoms with Gasteiger partial charge >= 0.3 is 112 Å². The van der Waals surface area contributed by atoms with Gasteiger partial charge in [-0.25, -0.2) is 0 Å². The SMILES string of the molecule is C[Te]c1ccc([I-]c2ccccc2)cc1. The Kier molecular flexibility index (Phi) is 4.49. The molecular weight excluding hydrogens is 411 g/mol. The number of benzene rings is 2. The van der Waals surface area contributed by atoms with E-state index in [1.54, 1.807) is 3.61 Å². The molecule has 0 aliphatic rings. The Morgan fingerprint density at radius 2 is 1.40 bits per heavy atom. The molecule has 2 heteroatoms. The van der Waals surface area contributed by atoms with Gasteiger partial charge in [-0.15, -0.1) is 0 Å². The first-order chi connectivity index (χ1) is 7.38. The van der Waals surface area contributed by atoms with Gasteiger partial charge in [0, 0.05) is 0 Å². The van der Waals surface area contributed by atoms with Crippen molar-refractivity contribution in [3.05, 3.63) is 61.7 Å². The molecule has 0 heterocycles. The minimum atomic E-state index is 0.0251. The molecular formula is C13H12ITe-. The maximum absolute atomic E-state index is 2.33. The second-order valence-electron chi connectivity index (χ2n) is 3.05. The van der Waals surface area contributed by atoms with Crippen molar-refractivity contribution >= 4 is 24.5 Å². The molecule has 0 saturated heterocycles. The molecule has 0 unspecified atom stereocenters. The Bertz CT molecular complexity index is 408. The topological polar surface area (TPSA) is 0 Å². The second kappa shape index (κ2) is 5.89. The summed E-state index contributed by atoms with van der Waals surface area (Å²) < 4.78 is 4.57. The summed E-state index contributed by atoms with van der Waals surface area (Å²) >= 11 is 0.113. The van der Waals surface area contributed by atoms with E-state index in [0.717, 1.165) is 0 Å². The van der Waals surface area contributed by atoms with Gasteiger partial charge in [0.15, 0.2) is 0 Å². The second-order valence-corrected chi connectivity index (χ2v) is 8.59. The fraction of sp³-hybridized carbons (Fsp3) is 0.0769. The molecule has 0 N–H and O–H groups in total. The summed E-state index contributed by atoms with van der Waals surface area (Å²) in [7, 11) is 0. The van der Waals surface area contributed by atoms with Crippen LogP contribution in [0.15, 0.2) is 54.6 Å². The molecule has 0 aliphatic carbocycles. The molecule has 78 valence electrons. The zero-order valence-corrected chi connectivity index (χ0v) is 13.0. The first-order valence-corrected chi connectivity index (χ1v) is 10.4. The molecule has 2 aromatic carbocycles. The van der Waals surface area contributed by atoms with E-state index in [2.05, 4.69) is 59.6 Å². The van der Waals surface area contributed by atoms with Gasteiger partial charge in [-0.2, -0.15) is 0 Å². The van der Waals surface area contributed by atoms with Crippen LogP contribution >= 0.6 is 0 Å². The van der Waals surface area contributed by atoms with Crippen LogP contribution in [0.3, 0.4) is 0 Å². The van der Waals surface area contributed by atoms with Crippen molar-refractivity contribution in [2.45, 2.75) is 4.97 Å². The molecule has 0 aromatic heterocycles. The van der Waals surface area contributed by atoms with Crippen LogP contribution in [0.2, 0.25) is 4.97 Å². The standard InChI is InChI=1S/C13H12ITe/c1-15-13-9-7-12(8-10-13)14-11-5-3-2-4-6-11/h2-10H,1H3/q-1. The molecule has 0 aliphatic heterocycles. The molecule has 2 aromatic rings. The van der Waals surface area contributed by atoms with E-state index < -0.39 is 0 Å². The van der Waals surface area contributed by atoms with Crippen LogP contribution < -0.4 is 24.8 Å². The number of rotatable bonds is 3. The van der Waals surface area contributed by atoms with E-state index in [0.29, 0.717) is 0 Å². The first-order valence-electron chi connectivity index (χ1n) is 4.72. The van der Waals surface area contributed by atoms with E-state index in [1.165, 1.54) is 7.14 Å². The zero-order valence-electron chi connectivity index (χ0n) is 8.48. The Morgan fingerprint density at radius 1 is 0.800 bits per heavy atom. The van der Waals surface area contributed by atoms with Crippen molar-refractivity contribution in [3.8, 4) is 0 Å². The van der Waals surface area contributed by atoms with Crippen LogP contribution in [0.1, 0.15) is 0 Å². The Morgan fingerprint density at radius 3 is 2.00 bits per heavy atom. The zero-order chi connectivity index (χ0) is 10.5. The fourth-order valence-corrected chi connectivity index (χ4v) is 4.62. The summed E-state index contributed by atoms with van der Waals surface area (Å²) in [5, 5.41) is 0. The normalized spacial score (nSPS) is 10.5. The monoisotopic (exact) mass is 425 g/mol. The summed E-state index contributed by atoms with van der Waals surface area (Å²) in [4.78, 5) is 2.33. The van der Waals surface area contributed by atoms with Crippen LogP contribution in [-0.4, -0.2) is 20.9 Å². The molecule has 0 radical (unpaired) electrons. The summed E-state index contributed by atoms with van der Waals surface area (Å²) in [6.45, 7) is 0. The molecule has 0 atom stereocenters. The van der Waals surface area contributed by atoms with Crippen LogP contribution in [0.25, 0.3) is 0 Å². The van der Waals surface area contributed by atoms with Gasteiger partial charge < -0.3 is 0 Å². The van der Waals surface area contributed by atoms with Crippen molar-refractivity contribution in [2.24, 2.45) is 0 Å². The van der Waals surface area contributed by atoms with E-state index in [9.17, 15) is 0 Å². The molecule has 0 bridgehead atoms. The van der Waals surface area contributed by atoms with Crippen molar-refractivity contribution in [1.29, 1.82) is 0 Å². The first kappa shape index (κ1) is 11.4. The van der Waals surface area contributed by atoms with Crippen LogP contribution in [-0.2, 0) is 0 Å². The van der Waals surface area contributed by atoms with Crippen molar-refractivity contribution in [3.63, 3.8) is 0 Å². The Balaban J connectivity index is 2.11. The van der Waals surface area contributed by atoms with Crippen LogP contribution in [0.5, 0.6) is 0 Å². The summed E-state index contributed by atoms with van der Waals surface area (Å²) in [5.74, 6) is 0. The quantitative estimate of drug-likeness (QED) is 0.449. The molecule has 2 rings (SSSR count). The molecule has 0 fully saturated rings. The van der Waals surface area contributed by atoms with Gasteiger partial charge in [-0.1, -0.05) is 0 Å². The van der Waals surface area contributed by atoms with E-state index >= 15 is 0 Å². The number of halogens is 1. The van der Waals surface area contributed by atoms with E-state index in [1.807, 2.05) is 0 Å². The predicted octanol–water partition coefficient (Wildman–Crippen LogP) is -0.807. The third-order valence-corrected chi connectivity index (χ3v) is 6.81. The van der Waals surface area contributed by atoms with E-state index in [-0.39, 0.29) is 42.1 Å². The third-order valence-electron chi connectivity index (χ3n) is 2.00. The van der Waals surface area contributed by atoms with Gasteiger partial charge in [0.05, 0.1) is 0 Å². The van der Waals surface area contributed by atoms with Crippen molar-refractivity contribution in [2.75, 3.05) is 0 Å². The Labute approximate surface area is 111 Å². The molecule has 15 heavy (non-hydrogen) atoms.